The third-order valence-electron chi connectivity index (χ3n) is 4.36. The zero-order chi connectivity index (χ0) is 21.2. The van der Waals surface area contributed by atoms with Crippen molar-refractivity contribution in [3.05, 3.63) is 57.3 Å². The Morgan fingerprint density at radius 1 is 1.14 bits per heavy atom. The molecule has 1 aromatic carbocycles. The molecule has 1 fully saturated rings. The predicted octanol–water partition coefficient (Wildman–Crippen LogP) is 3.97. The van der Waals surface area contributed by atoms with Crippen LogP contribution in [0.5, 0.6) is 0 Å². The van der Waals surface area contributed by atoms with Crippen LogP contribution in [-0.2, 0) is 21.0 Å². The largest absolute Gasteiger partial charge is 0.417 e. The van der Waals surface area contributed by atoms with E-state index in [0.717, 1.165) is 21.3 Å². The Morgan fingerprint density at radius 2 is 1.83 bits per heavy atom. The maximum atomic E-state index is 13.0. The number of amides is 1. The number of halogens is 4. The summed E-state index contributed by atoms with van der Waals surface area (Å²) in [7, 11) is -4.14. The van der Waals surface area contributed by atoms with Crippen LogP contribution < -0.4 is 0 Å². The molecule has 0 bridgehead atoms. The molecule has 5 nitrogen and oxygen atoms in total. The molecule has 0 unspecified atom stereocenters. The summed E-state index contributed by atoms with van der Waals surface area (Å²) in [4.78, 5) is 14.2. The molecule has 1 aliphatic heterocycles. The van der Waals surface area contributed by atoms with Gasteiger partial charge >= 0.3 is 6.18 Å². The second-order valence-electron chi connectivity index (χ2n) is 6.22. The number of alkyl halides is 3. The maximum Gasteiger partial charge on any atom is 0.417 e. The van der Waals surface area contributed by atoms with Crippen LogP contribution in [0.2, 0.25) is 5.02 Å². The highest BCUT2D eigenvalue weighted by Crippen LogP contribution is 2.36. The van der Waals surface area contributed by atoms with E-state index in [-0.39, 0.29) is 32.1 Å². The van der Waals surface area contributed by atoms with Crippen LogP contribution in [0.25, 0.3) is 6.08 Å². The molecule has 1 aromatic heterocycles. The molecule has 0 radical (unpaired) electrons. The first-order valence-electron chi connectivity index (χ1n) is 8.46. The van der Waals surface area contributed by atoms with Gasteiger partial charge in [0, 0.05) is 37.1 Å². The fraction of sp³-hybridized carbons (Fsp3) is 0.278. The SMILES string of the molecule is O=C(/C=C/c1cccs1)N1CCN(S(=O)(=O)c2ccc(Cl)c(C(F)(F)F)c2)CC1. The van der Waals surface area contributed by atoms with Crippen molar-refractivity contribution in [2.75, 3.05) is 26.2 Å². The minimum absolute atomic E-state index is 0.00903. The van der Waals surface area contributed by atoms with Crippen LogP contribution in [-0.4, -0.2) is 49.7 Å². The lowest BCUT2D eigenvalue weighted by Gasteiger charge is -2.33. The average Bonchev–Trinajstić information content (AvgIpc) is 3.19. The van der Waals surface area contributed by atoms with E-state index in [4.69, 9.17) is 11.6 Å². The summed E-state index contributed by atoms with van der Waals surface area (Å²) < 4.78 is 65.6. The minimum Gasteiger partial charge on any atom is -0.337 e. The first-order chi connectivity index (χ1) is 13.6. The summed E-state index contributed by atoms with van der Waals surface area (Å²) in [5, 5.41) is 1.32. The van der Waals surface area contributed by atoms with Gasteiger partial charge in [0.25, 0.3) is 0 Å². The second-order valence-corrected chi connectivity index (χ2v) is 9.54. The number of piperazine rings is 1. The van der Waals surface area contributed by atoms with Gasteiger partial charge in [-0.15, -0.1) is 11.3 Å². The van der Waals surface area contributed by atoms with Gasteiger partial charge < -0.3 is 4.90 Å². The lowest BCUT2D eigenvalue weighted by atomic mass is 10.2. The van der Waals surface area contributed by atoms with E-state index in [1.165, 1.54) is 22.3 Å². The highest BCUT2D eigenvalue weighted by atomic mass is 35.5. The van der Waals surface area contributed by atoms with E-state index >= 15 is 0 Å². The standard InChI is InChI=1S/C18H16ClF3N2O3S2/c19-16-5-4-14(12-15(16)18(20,21)22)29(26,27)24-9-7-23(8-10-24)17(25)6-3-13-2-1-11-28-13/h1-6,11-12H,7-10H2/b6-3+. The minimum atomic E-state index is -4.76. The Bertz CT molecular complexity index is 1010. The Labute approximate surface area is 175 Å². The van der Waals surface area contributed by atoms with Crippen molar-refractivity contribution in [1.29, 1.82) is 0 Å². The first kappa shape index (κ1) is 21.8. The topological polar surface area (TPSA) is 57.7 Å². The molecule has 29 heavy (non-hydrogen) atoms. The van der Waals surface area contributed by atoms with E-state index in [0.29, 0.717) is 6.07 Å². The third-order valence-corrected chi connectivity index (χ3v) is 7.43. The highest BCUT2D eigenvalue weighted by Gasteiger charge is 2.36. The molecule has 0 saturated carbocycles. The molecule has 11 heteroatoms. The van der Waals surface area contributed by atoms with Crippen molar-refractivity contribution in [3.63, 3.8) is 0 Å². The van der Waals surface area contributed by atoms with Gasteiger partial charge in [0.15, 0.2) is 0 Å². The molecule has 1 amide bonds. The van der Waals surface area contributed by atoms with E-state index in [1.807, 2.05) is 17.5 Å². The summed E-state index contributed by atoms with van der Waals surface area (Å²) >= 11 is 7.04. The number of hydrogen-bond donors (Lipinski definition) is 0. The molecule has 1 saturated heterocycles. The van der Waals surface area contributed by atoms with Crippen LogP contribution in [0, 0.1) is 0 Å². The normalized spacial score (nSPS) is 16.5. The van der Waals surface area contributed by atoms with E-state index in [2.05, 4.69) is 0 Å². The van der Waals surface area contributed by atoms with Gasteiger partial charge in [-0.2, -0.15) is 17.5 Å². The number of carbonyl (C=O) groups is 1. The number of carbonyl (C=O) groups excluding carboxylic acids is 1. The summed E-state index contributed by atoms with van der Waals surface area (Å²) in [5.74, 6) is -0.249. The van der Waals surface area contributed by atoms with Gasteiger partial charge in [0.2, 0.25) is 15.9 Å². The molecular formula is C18H16ClF3N2O3S2. The van der Waals surface area contributed by atoms with Gasteiger partial charge in [-0.05, 0) is 35.7 Å². The number of hydrogen-bond acceptors (Lipinski definition) is 4. The maximum absolute atomic E-state index is 13.0. The average molecular weight is 465 g/mol. The van der Waals surface area contributed by atoms with E-state index in [1.54, 1.807) is 6.08 Å². The van der Waals surface area contributed by atoms with Crippen molar-refractivity contribution in [2.24, 2.45) is 0 Å². The molecule has 2 heterocycles. The zero-order valence-corrected chi connectivity index (χ0v) is 17.3. The Morgan fingerprint density at radius 3 is 2.41 bits per heavy atom. The van der Waals surface area contributed by atoms with Crippen molar-refractivity contribution >= 4 is 44.9 Å². The third kappa shape index (κ3) is 5.00. The summed E-state index contributed by atoms with van der Waals surface area (Å²) in [5.41, 5.74) is -1.20. The van der Waals surface area contributed by atoms with Crippen molar-refractivity contribution < 1.29 is 26.4 Å². The smallest absolute Gasteiger partial charge is 0.337 e. The van der Waals surface area contributed by atoms with Crippen LogP contribution in [0.15, 0.2) is 46.7 Å². The van der Waals surface area contributed by atoms with Crippen molar-refractivity contribution in [1.82, 2.24) is 9.21 Å². The van der Waals surface area contributed by atoms with E-state index < -0.39 is 31.7 Å². The lowest BCUT2D eigenvalue weighted by molar-refractivity contribution is -0.137. The van der Waals surface area contributed by atoms with Gasteiger partial charge in [-0.25, -0.2) is 8.42 Å². The molecule has 1 aliphatic rings. The summed E-state index contributed by atoms with van der Waals surface area (Å²) in [6, 6.07) is 6.24. The van der Waals surface area contributed by atoms with Crippen molar-refractivity contribution in [2.45, 2.75) is 11.1 Å². The van der Waals surface area contributed by atoms with Crippen molar-refractivity contribution in [3.8, 4) is 0 Å². The van der Waals surface area contributed by atoms with Gasteiger partial charge in [0.1, 0.15) is 0 Å². The number of benzene rings is 1. The molecular weight excluding hydrogens is 449 g/mol. The molecule has 2 aromatic rings. The van der Waals surface area contributed by atoms with Gasteiger partial charge in [0.05, 0.1) is 15.5 Å². The number of rotatable bonds is 4. The van der Waals surface area contributed by atoms with E-state index in [9.17, 15) is 26.4 Å². The number of sulfonamides is 1. The molecule has 156 valence electrons. The summed E-state index contributed by atoms with van der Waals surface area (Å²) in [6.45, 7) is 0.273. The van der Waals surface area contributed by atoms with Crippen LogP contribution in [0.4, 0.5) is 13.2 Å². The molecule has 3 rings (SSSR count). The lowest BCUT2D eigenvalue weighted by Crippen LogP contribution is -2.50. The Kier molecular flexibility index (Phi) is 6.37. The molecule has 0 atom stereocenters. The quantitative estimate of drug-likeness (QED) is 0.643. The Balaban J connectivity index is 1.69. The zero-order valence-electron chi connectivity index (χ0n) is 14.9. The van der Waals surface area contributed by atoms with Gasteiger partial charge in [-0.3, -0.25) is 4.79 Å². The fourth-order valence-corrected chi connectivity index (χ4v) is 5.12. The monoisotopic (exact) mass is 464 g/mol. The van der Waals surface area contributed by atoms with Crippen LogP contribution in [0.1, 0.15) is 10.4 Å². The second kappa shape index (κ2) is 8.47. The van der Waals surface area contributed by atoms with Crippen LogP contribution >= 0.6 is 22.9 Å². The van der Waals surface area contributed by atoms with Crippen LogP contribution in [0.3, 0.4) is 0 Å². The highest BCUT2D eigenvalue weighted by molar-refractivity contribution is 7.89. The first-order valence-corrected chi connectivity index (χ1v) is 11.2. The molecule has 0 spiro atoms. The predicted molar refractivity (Wildman–Crippen MR) is 105 cm³/mol. The molecule has 0 aliphatic carbocycles. The summed E-state index contributed by atoms with van der Waals surface area (Å²) in [6.07, 6.45) is -1.66. The fourth-order valence-electron chi connectivity index (χ4n) is 2.82. The van der Waals surface area contributed by atoms with Gasteiger partial charge in [-0.1, -0.05) is 17.7 Å². The number of nitrogens with zero attached hydrogens (tertiary/aromatic N) is 2. The number of thiophene rings is 1. The molecule has 0 N–H and O–H groups in total. The Hall–Kier alpha value is -1.88.